The van der Waals surface area contributed by atoms with Gasteiger partial charge in [0.2, 0.25) is 0 Å². The second-order valence-electron chi connectivity index (χ2n) is 3.72. The maximum atomic E-state index is 11.3. The summed E-state index contributed by atoms with van der Waals surface area (Å²) in [5, 5.41) is 0. The van der Waals surface area contributed by atoms with Gasteiger partial charge >= 0.3 is 5.97 Å². The number of rotatable bonds is 4. The largest absolute Gasteiger partial charge is 0.463 e. The van der Waals surface area contributed by atoms with Gasteiger partial charge in [-0.15, -0.1) is 0 Å². The zero-order chi connectivity index (χ0) is 12.8. The van der Waals surface area contributed by atoms with E-state index in [4.69, 9.17) is 4.74 Å². The first kappa shape index (κ1) is 12.2. The van der Waals surface area contributed by atoms with Crippen molar-refractivity contribution in [2.75, 3.05) is 6.61 Å². The van der Waals surface area contributed by atoms with E-state index in [0.29, 0.717) is 6.61 Å². The van der Waals surface area contributed by atoms with Crippen LogP contribution in [0.25, 0.3) is 11.8 Å². The number of esters is 1. The van der Waals surface area contributed by atoms with Crippen molar-refractivity contribution < 1.29 is 9.53 Å². The summed E-state index contributed by atoms with van der Waals surface area (Å²) in [6.45, 7) is 2.18. The number of nitrogens with zero attached hydrogens (tertiary/aromatic N) is 1. The average molecular weight is 241 g/mol. The zero-order valence-corrected chi connectivity index (χ0v) is 10.2. The molecular weight excluding hydrogens is 226 g/mol. The molecule has 1 heterocycles. The minimum absolute atomic E-state index is 0.321. The molecule has 0 unspecified atom stereocenters. The van der Waals surface area contributed by atoms with E-state index < -0.39 is 0 Å². The summed E-state index contributed by atoms with van der Waals surface area (Å²) in [7, 11) is 0. The molecule has 1 aromatic heterocycles. The molecule has 0 atom stereocenters. The van der Waals surface area contributed by atoms with Gasteiger partial charge in [-0.1, -0.05) is 18.2 Å². The molecule has 0 radical (unpaired) electrons. The van der Waals surface area contributed by atoms with Crippen LogP contribution >= 0.6 is 0 Å². The number of benzene rings is 1. The number of carbonyl (C=O) groups excluding carboxylic acids is 1. The Labute approximate surface area is 106 Å². The molecule has 18 heavy (non-hydrogen) atoms. The first-order chi connectivity index (χ1) is 8.81. The monoisotopic (exact) mass is 241 g/mol. The maximum absolute atomic E-state index is 11.3. The molecule has 0 N–H and O–H groups in total. The lowest BCUT2D eigenvalue weighted by Crippen LogP contribution is -1.99. The van der Waals surface area contributed by atoms with Gasteiger partial charge in [-0.05, 0) is 37.3 Å². The van der Waals surface area contributed by atoms with Gasteiger partial charge in [0.25, 0.3) is 0 Å². The van der Waals surface area contributed by atoms with Crippen LogP contribution in [-0.4, -0.2) is 17.1 Å². The zero-order valence-electron chi connectivity index (χ0n) is 10.2. The van der Waals surface area contributed by atoms with Crippen LogP contribution in [0.1, 0.15) is 12.6 Å². The van der Waals surface area contributed by atoms with Crippen LogP contribution in [0, 0.1) is 0 Å². The summed E-state index contributed by atoms with van der Waals surface area (Å²) in [6, 6.07) is 13.9. The van der Waals surface area contributed by atoms with Crippen molar-refractivity contribution >= 4 is 12.0 Å². The van der Waals surface area contributed by atoms with E-state index in [1.165, 1.54) is 6.08 Å². The van der Waals surface area contributed by atoms with E-state index in [1.54, 1.807) is 13.0 Å². The van der Waals surface area contributed by atoms with Crippen molar-refractivity contribution in [2.24, 2.45) is 0 Å². The second kappa shape index (κ2) is 5.87. The SMILES string of the molecule is CCOC(=O)/C=C/c1cccn1-c1ccccc1. The minimum atomic E-state index is -0.321. The van der Waals surface area contributed by atoms with E-state index in [1.807, 2.05) is 53.2 Å². The summed E-state index contributed by atoms with van der Waals surface area (Å²) in [5.74, 6) is -0.321. The Kier molecular flexibility index (Phi) is 3.97. The van der Waals surface area contributed by atoms with E-state index in [2.05, 4.69) is 0 Å². The number of hydrogen-bond acceptors (Lipinski definition) is 2. The number of carbonyl (C=O) groups is 1. The molecule has 0 saturated heterocycles. The van der Waals surface area contributed by atoms with E-state index in [9.17, 15) is 4.79 Å². The van der Waals surface area contributed by atoms with E-state index in [0.717, 1.165) is 11.4 Å². The first-order valence-electron chi connectivity index (χ1n) is 5.89. The van der Waals surface area contributed by atoms with Crippen LogP contribution < -0.4 is 0 Å². The Hall–Kier alpha value is -2.29. The fourth-order valence-electron chi connectivity index (χ4n) is 1.70. The van der Waals surface area contributed by atoms with Crippen LogP contribution in [0.15, 0.2) is 54.7 Å². The van der Waals surface area contributed by atoms with Crippen molar-refractivity contribution in [1.29, 1.82) is 0 Å². The molecule has 0 aliphatic heterocycles. The highest BCUT2D eigenvalue weighted by Crippen LogP contribution is 2.13. The fraction of sp³-hybridized carbons (Fsp3) is 0.133. The third-order valence-corrected chi connectivity index (χ3v) is 2.49. The maximum Gasteiger partial charge on any atom is 0.330 e. The van der Waals surface area contributed by atoms with Crippen molar-refractivity contribution in [2.45, 2.75) is 6.92 Å². The van der Waals surface area contributed by atoms with Gasteiger partial charge < -0.3 is 9.30 Å². The molecular formula is C15H15NO2. The molecule has 0 spiro atoms. The molecule has 0 saturated carbocycles. The van der Waals surface area contributed by atoms with Crippen molar-refractivity contribution in [3.8, 4) is 5.69 Å². The molecule has 0 aliphatic carbocycles. The molecule has 0 fully saturated rings. The Bertz CT molecular complexity index is 541. The Morgan fingerprint density at radius 3 is 2.72 bits per heavy atom. The van der Waals surface area contributed by atoms with E-state index in [-0.39, 0.29) is 5.97 Å². The third-order valence-electron chi connectivity index (χ3n) is 2.49. The normalized spacial score (nSPS) is 10.7. The highest BCUT2D eigenvalue weighted by molar-refractivity contribution is 5.86. The topological polar surface area (TPSA) is 31.2 Å². The van der Waals surface area contributed by atoms with Gasteiger partial charge in [-0.3, -0.25) is 0 Å². The lowest BCUT2D eigenvalue weighted by atomic mass is 10.3. The quantitative estimate of drug-likeness (QED) is 0.608. The molecule has 0 bridgehead atoms. The summed E-state index contributed by atoms with van der Waals surface area (Å²) in [4.78, 5) is 11.3. The smallest absolute Gasteiger partial charge is 0.330 e. The van der Waals surface area contributed by atoms with Crippen molar-refractivity contribution in [3.63, 3.8) is 0 Å². The van der Waals surface area contributed by atoms with Crippen LogP contribution in [0.5, 0.6) is 0 Å². The summed E-state index contributed by atoms with van der Waals surface area (Å²) in [6.07, 6.45) is 5.16. The van der Waals surface area contributed by atoms with Crippen molar-refractivity contribution in [1.82, 2.24) is 4.57 Å². The van der Waals surface area contributed by atoms with Crippen LogP contribution in [0.2, 0.25) is 0 Å². The summed E-state index contributed by atoms with van der Waals surface area (Å²) >= 11 is 0. The fourth-order valence-corrected chi connectivity index (χ4v) is 1.70. The van der Waals surface area contributed by atoms with Crippen molar-refractivity contribution in [3.05, 3.63) is 60.4 Å². The highest BCUT2D eigenvalue weighted by atomic mass is 16.5. The molecule has 3 nitrogen and oxygen atoms in total. The molecule has 2 aromatic rings. The highest BCUT2D eigenvalue weighted by Gasteiger charge is 2.00. The van der Waals surface area contributed by atoms with Crippen LogP contribution in [-0.2, 0) is 9.53 Å². The summed E-state index contributed by atoms with van der Waals surface area (Å²) in [5.41, 5.74) is 2.00. The van der Waals surface area contributed by atoms with Gasteiger partial charge in [0.15, 0.2) is 0 Å². The Balaban J connectivity index is 2.21. The standard InChI is InChI=1S/C15H15NO2/c1-2-18-15(17)11-10-14-9-6-12-16(14)13-7-4-3-5-8-13/h3-12H,2H2,1H3/b11-10+. The van der Waals surface area contributed by atoms with Gasteiger partial charge in [-0.25, -0.2) is 4.79 Å². The number of aromatic nitrogens is 1. The van der Waals surface area contributed by atoms with Crippen LogP contribution in [0.3, 0.4) is 0 Å². The predicted molar refractivity (Wildman–Crippen MR) is 71.4 cm³/mol. The molecule has 1 aromatic carbocycles. The predicted octanol–water partition coefficient (Wildman–Crippen LogP) is 3.05. The Morgan fingerprint density at radius 2 is 2.00 bits per heavy atom. The van der Waals surface area contributed by atoms with Gasteiger partial charge in [-0.2, -0.15) is 0 Å². The first-order valence-corrected chi connectivity index (χ1v) is 5.89. The van der Waals surface area contributed by atoms with Gasteiger partial charge in [0.1, 0.15) is 0 Å². The van der Waals surface area contributed by atoms with Gasteiger partial charge in [0.05, 0.1) is 6.61 Å². The minimum Gasteiger partial charge on any atom is -0.463 e. The average Bonchev–Trinajstić information content (AvgIpc) is 2.86. The summed E-state index contributed by atoms with van der Waals surface area (Å²) < 4.78 is 6.86. The third kappa shape index (κ3) is 2.88. The number of ether oxygens (including phenoxy) is 1. The lowest BCUT2D eigenvalue weighted by molar-refractivity contribution is -0.137. The number of para-hydroxylation sites is 1. The molecule has 3 heteroatoms. The Morgan fingerprint density at radius 1 is 1.22 bits per heavy atom. The molecule has 0 amide bonds. The molecule has 92 valence electrons. The lowest BCUT2D eigenvalue weighted by Gasteiger charge is -2.05. The van der Waals surface area contributed by atoms with E-state index >= 15 is 0 Å². The molecule has 0 aliphatic rings. The van der Waals surface area contributed by atoms with Gasteiger partial charge in [0, 0.05) is 23.7 Å². The number of hydrogen-bond donors (Lipinski definition) is 0. The second-order valence-corrected chi connectivity index (χ2v) is 3.72. The molecule has 2 rings (SSSR count). The van der Waals surface area contributed by atoms with Crippen LogP contribution in [0.4, 0.5) is 0 Å².